The van der Waals surface area contributed by atoms with Gasteiger partial charge in [-0.15, -0.1) is 10.2 Å². The Kier molecular flexibility index (Phi) is 5.83. The highest BCUT2D eigenvalue weighted by atomic mass is 16.5. The number of rotatable bonds is 5. The molecule has 0 spiro atoms. The number of benzene rings is 1. The molecule has 138 valence electrons. The van der Waals surface area contributed by atoms with Gasteiger partial charge in [0.15, 0.2) is 6.61 Å². The number of hydrogen-bond donors (Lipinski definition) is 2. The molecule has 2 aromatic rings. The van der Waals surface area contributed by atoms with E-state index < -0.39 is 11.9 Å². The Morgan fingerprint density at radius 1 is 1.23 bits per heavy atom. The van der Waals surface area contributed by atoms with E-state index in [1.165, 1.54) is 12.8 Å². The predicted octanol–water partition coefficient (Wildman–Crippen LogP) is 2.52. The number of carbonyl (C=O) groups is 2. The van der Waals surface area contributed by atoms with Gasteiger partial charge in [0.2, 0.25) is 12.3 Å². The van der Waals surface area contributed by atoms with Gasteiger partial charge in [0.05, 0.1) is 0 Å². The molecule has 0 aliphatic heterocycles. The van der Waals surface area contributed by atoms with Crippen molar-refractivity contribution in [2.45, 2.75) is 38.6 Å². The lowest BCUT2D eigenvalue weighted by Crippen LogP contribution is -2.48. The maximum absolute atomic E-state index is 11.9. The van der Waals surface area contributed by atoms with Crippen molar-refractivity contribution in [3.8, 4) is 17.2 Å². The van der Waals surface area contributed by atoms with E-state index in [1.54, 1.807) is 24.3 Å². The summed E-state index contributed by atoms with van der Waals surface area (Å²) in [5.41, 5.74) is 0.750. The van der Waals surface area contributed by atoms with Crippen molar-refractivity contribution in [1.82, 2.24) is 20.8 Å². The Hall–Kier alpha value is -2.90. The van der Waals surface area contributed by atoms with Gasteiger partial charge in [-0.3, -0.25) is 10.1 Å². The first-order valence-corrected chi connectivity index (χ1v) is 8.71. The number of hydrogen-bond acceptors (Lipinski definition) is 6. The van der Waals surface area contributed by atoms with E-state index in [0.717, 1.165) is 24.8 Å². The summed E-state index contributed by atoms with van der Waals surface area (Å²) >= 11 is 0. The van der Waals surface area contributed by atoms with Crippen molar-refractivity contribution < 1.29 is 18.7 Å². The number of urea groups is 1. The monoisotopic (exact) mass is 358 g/mol. The van der Waals surface area contributed by atoms with Crippen LogP contribution in [0.4, 0.5) is 4.79 Å². The molecule has 1 aromatic carbocycles. The first-order valence-electron chi connectivity index (χ1n) is 8.71. The Bertz CT molecular complexity index is 730. The lowest BCUT2D eigenvalue weighted by atomic mass is 9.86. The van der Waals surface area contributed by atoms with Gasteiger partial charge in [-0.25, -0.2) is 4.79 Å². The Labute approximate surface area is 151 Å². The fourth-order valence-electron chi connectivity index (χ4n) is 3.04. The average molecular weight is 358 g/mol. The molecule has 1 aromatic heterocycles. The second-order valence-electron chi connectivity index (χ2n) is 6.45. The summed E-state index contributed by atoms with van der Waals surface area (Å²) < 4.78 is 10.5. The molecule has 0 radical (unpaired) electrons. The minimum Gasteiger partial charge on any atom is -0.484 e. The van der Waals surface area contributed by atoms with E-state index in [1.807, 2.05) is 0 Å². The van der Waals surface area contributed by atoms with Crippen LogP contribution in [0.15, 0.2) is 35.1 Å². The van der Waals surface area contributed by atoms with Crippen molar-refractivity contribution in [3.05, 3.63) is 30.7 Å². The number of amides is 3. The average Bonchev–Trinajstić information content (AvgIpc) is 3.17. The van der Waals surface area contributed by atoms with Crippen LogP contribution in [0, 0.1) is 5.92 Å². The van der Waals surface area contributed by atoms with E-state index in [9.17, 15) is 9.59 Å². The molecule has 3 rings (SSSR count). The number of nitrogens with one attached hydrogen (secondary N) is 2. The van der Waals surface area contributed by atoms with Crippen molar-refractivity contribution in [1.29, 1.82) is 0 Å². The Balaban J connectivity index is 1.42. The molecule has 3 amide bonds. The lowest BCUT2D eigenvalue weighted by molar-refractivity contribution is -0.122. The van der Waals surface area contributed by atoms with E-state index in [4.69, 9.17) is 9.15 Å². The summed E-state index contributed by atoms with van der Waals surface area (Å²) in [7, 11) is 0. The fraction of sp³-hybridized carbons (Fsp3) is 0.444. The zero-order chi connectivity index (χ0) is 18.4. The molecule has 1 heterocycles. The van der Waals surface area contributed by atoms with E-state index >= 15 is 0 Å². The van der Waals surface area contributed by atoms with Crippen molar-refractivity contribution in [2.75, 3.05) is 6.61 Å². The molecule has 8 nitrogen and oxygen atoms in total. The maximum Gasteiger partial charge on any atom is 0.321 e. The highest BCUT2D eigenvalue weighted by Crippen LogP contribution is 2.23. The maximum atomic E-state index is 11.9. The van der Waals surface area contributed by atoms with Crippen molar-refractivity contribution >= 4 is 11.9 Å². The largest absolute Gasteiger partial charge is 0.484 e. The minimum atomic E-state index is -0.494. The first kappa shape index (κ1) is 17.9. The molecule has 0 unspecified atom stereocenters. The molecule has 26 heavy (non-hydrogen) atoms. The number of aromatic nitrogens is 2. The smallest absolute Gasteiger partial charge is 0.321 e. The van der Waals surface area contributed by atoms with Crippen LogP contribution < -0.4 is 15.4 Å². The van der Waals surface area contributed by atoms with E-state index in [0.29, 0.717) is 17.6 Å². The van der Waals surface area contributed by atoms with Crippen LogP contribution in [-0.2, 0) is 4.79 Å². The molecule has 1 aliphatic rings. The van der Waals surface area contributed by atoms with Gasteiger partial charge in [0.1, 0.15) is 5.75 Å². The van der Waals surface area contributed by atoms with Crippen LogP contribution in [-0.4, -0.2) is 34.8 Å². The highest BCUT2D eigenvalue weighted by molar-refractivity contribution is 5.95. The zero-order valence-electron chi connectivity index (χ0n) is 14.6. The highest BCUT2D eigenvalue weighted by Gasteiger charge is 2.23. The fourth-order valence-corrected chi connectivity index (χ4v) is 3.04. The summed E-state index contributed by atoms with van der Waals surface area (Å²) in [6.45, 7) is 1.88. The number of carbonyl (C=O) groups excluding carboxylic acids is 2. The molecular weight excluding hydrogens is 336 g/mol. The quantitative estimate of drug-likeness (QED) is 0.851. The van der Waals surface area contributed by atoms with Gasteiger partial charge in [-0.05, 0) is 43.0 Å². The van der Waals surface area contributed by atoms with E-state index in [2.05, 4.69) is 27.8 Å². The van der Waals surface area contributed by atoms with Crippen LogP contribution in [0.3, 0.4) is 0 Å². The third-order valence-electron chi connectivity index (χ3n) is 4.51. The molecule has 2 N–H and O–H groups in total. The molecule has 0 saturated heterocycles. The number of imide groups is 1. The predicted molar refractivity (Wildman–Crippen MR) is 93.3 cm³/mol. The summed E-state index contributed by atoms with van der Waals surface area (Å²) in [6, 6.07) is 6.53. The van der Waals surface area contributed by atoms with E-state index in [-0.39, 0.29) is 12.6 Å². The van der Waals surface area contributed by atoms with Crippen molar-refractivity contribution in [3.63, 3.8) is 0 Å². The first-order chi connectivity index (χ1) is 12.6. The molecule has 8 heteroatoms. The van der Waals surface area contributed by atoms with Crippen LogP contribution in [0.2, 0.25) is 0 Å². The number of ether oxygens (including phenoxy) is 1. The zero-order valence-corrected chi connectivity index (χ0v) is 14.6. The van der Waals surface area contributed by atoms with Crippen LogP contribution >= 0.6 is 0 Å². The third kappa shape index (κ3) is 4.81. The topological polar surface area (TPSA) is 106 Å². The Morgan fingerprint density at radius 3 is 2.69 bits per heavy atom. The van der Waals surface area contributed by atoms with Crippen LogP contribution in [0.5, 0.6) is 5.75 Å². The molecular formula is C18H22N4O4. The molecule has 1 aliphatic carbocycles. The van der Waals surface area contributed by atoms with Gasteiger partial charge in [-0.1, -0.05) is 19.8 Å². The molecule has 1 saturated carbocycles. The molecule has 2 atom stereocenters. The summed E-state index contributed by atoms with van der Waals surface area (Å²) in [5.74, 6) is 0.845. The number of nitrogens with zero attached hydrogens (tertiary/aromatic N) is 2. The normalized spacial score (nSPS) is 19.6. The SMILES string of the molecule is C[C@H]1CCCC[C@H]1NC(=O)NC(=O)COc1ccc(-c2nnco2)cc1. The third-order valence-corrected chi connectivity index (χ3v) is 4.51. The second kappa shape index (κ2) is 8.46. The van der Waals surface area contributed by atoms with Gasteiger partial charge in [0, 0.05) is 11.6 Å². The summed E-state index contributed by atoms with van der Waals surface area (Å²) in [4.78, 5) is 23.8. The summed E-state index contributed by atoms with van der Waals surface area (Å²) in [5, 5.41) is 12.6. The lowest BCUT2D eigenvalue weighted by Gasteiger charge is -2.29. The van der Waals surface area contributed by atoms with Crippen molar-refractivity contribution in [2.24, 2.45) is 5.92 Å². The van der Waals surface area contributed by atoms with Gasteiger partial charge >= 0.3 is 6.03 Å². The van der Waals surface area contributed by atoms with Crippen LogP contribution in [0.25, 0.3) is 11.5 Å². The second-order valence-corrected chi connectivity index (χ2v) is 6.45. The van der Waals surface area contributed by atoms with Gasteiger partial charge < -0.3 is 14.5 Å². The molecule has 0 bridgehead atoms. The summed E-state index contributed by atoms with van der Waals surface area (Å²) in [6.07, 6.45) is 5.60. The Morgan fingerprint density at radius 2 is 2.00 bits per heavy atom. The standard InChI is InChI=1S/C18H22N4O4/c1-12-4-2-3-5-15(12)20-18(24)21-16(23)10-25-14-8-6-13(7-9-14)17-22-19-11-26-17/h6-9,11-12,15H,2-5,10H2,1H3,(H2,20,21,23,24)/t12-,15+/m0/s1. The van der Waals surface area contributed by atoms with Crippen LogP contribution in [0.1, 0.15) is 32.6 Å². The minimum absolute atomic E-state index is 0.120. The molecule has 1 fully saturated rings. The van der Waals surface area contributed by atoms with Gasteiger partial charge in [-0.2, -0.15) is 0 Å². The van der Waals surface area contributed by atoms with Gasteiger partial charge in [0.25, 0.3) is 5.91 Å².